The Bertz CT molecular complexity index is 257. The van der Waals surface area contributed by atoms with E-state index < -0.39 is 0 Å². The fourth-order valence-corrected chi connectivity index (χ4v) is 5.26. The van der Waals surface area contributed by atoms with Gasteiger partial charge >= 0.3 is 0 Å². The Hall–Kier alpha value is 0. The molecule has 0 N–H and O–H groups in total. The topological polar surface area (TPSA) is 0 Å². The molecule has 0 aromatic carbocycles. The zero-order valence-electron chi connectivity index (χ0n) is 14.9. The molecular weight excluding hydrogens is 252 g/mol. The van der Waals surface area contributed by atoms with E-state index in [1.54, 1.807) is 38.5 Å². The molecule has 4 unspecified atom stereocenters. The highest BCUT2D eigenvalue weighted by atomic mass is 14.3. The molecule has 4 atom stereocenters. The van der Waals surface area contributed by atoms with E-state index in [2.05, 4.69) is 13.8 Å². The van der Waals surface area contributed by atoms with Gasteiger partial charge in [0.05, 0.1) is 0 Å². The van der Waals surface area contributed by atoms with Crippen LogP contribution in [0.5, 0.6) is 0 Å². The molecule has 0 spiro atoms. The summed E-state index contributed by atoms with van der Waals surface area (Å²) in [6, 6.07) is 0. The molecule has 0 heteroatoms. The molecule has 0 bridgehead atoms. The summed E-state index contributed by atoms with van der Waals surface area (Å²) in [6.45, 7) is 4.72. The van der Waals surface area contributed by atoms with Gasteiger partial charge in [-0.05, 0) is 36.5 Å². The molecule has 2 fully saturated rings. The van der Waals surface area contributed by atoms with Crippen LogP contribution in [0.1, 0.15) is 110 Å². The second-order valence-corrected chi connectivity index (χ2v) is 8.21. The van der Waals surface area contributed by atoms with Crippen LogP contribution in [0, 0.1) is 23.7 Å². The van der Waals surface area contributed by atoms with Crippen molar-refractivity contribution in [3.8, 4) is 0 Å². The van der Waals surface area contributed by atoms with E-state index >= 15 is 0 Å². The Morgan fingerprint density at radius 2 is 1.38 bits per heavy atom. The molecule has 0 saturated heterocycles. The predicted octanol–water partition coefficient (Wildman–Crippen LogP) is 7.37. The number of hydrogen-bond acceptors (Lipinski definition) is 0. The predicted molar refractivity (Wildman–Crippen MR) is 94.6 cm³/mol. The molecule has 2 aliphatic rings. The Morgan fingerprint density at radius 1 is 0.619 bits per heavy atom. The lowest BCUT2D eigenvalue weighted by atomic mass is 9.78. The largest absolute Gasteiger partial charge is 0.0654 e. The first kappa shape index (κ1) is 17.4. The van der Waals surface area contributed by atoms with Crippen LogP contribution in [0.4, 0.5) is 0 Å². The summed E-state index contributed by atoms with van der Waals surface area (Å²) in [4.78, 5) is 0. The smallest absolute Gasteiger partial charge is 0.0383 e. The van der Waals surface area contributed by atoms with E-state index in [0.717, 1.165) is 23.7 Å². The summed E-state index contributed by atoms with van der Waals surface area (Å²) in [5, 5.41) is 0. The molecule has 0 amide bonds. The minimum Gasteiger partial charge on any atom is -0.0654 e. The van der Waals surface area contributed by atoms with Crippen molar-refractivity contribution in [2.45, 2.75) is 110 Å². The number of unbranched alkanes of at least 4 members (excludes halogenated alkanes) is 1. The van der Waals surface area contributed by atoms with Gasteiger partial charge in [0, 0.05) is 0 Å². The maximum atomic E-state index is 2.37. The van der Waals surface area contributed by atoms with Crippen molar-refractivity contribution in [1.29, 1.82) is 0 Å². The first-order chi connectivity index (χ1) is 10.3. The van der Waals surface area contributed by atoms with Gasteiger partial charge < -0.3 is 0 Å². The van der Waals surface area contributed by atoms with Crippen LogP contribution in [0.15, 0.2) is 0 Å². The molecule has 2 rings (SSSR count). The van der Waals surface area contributed by atoms with Crippen LogP contribution < -0.4 is 0 Å². The SMILES string of the molecule is CCCCC1CCCCC(C2CCCC(CCC)CC2)C1. The Balaban J connectivity index is 1.83. The molecule has 0 nitrogen and oxygen atoms in total. The van der Waals surface area contributed by atoms with Crippen LogP contribution in [-0.4, -0.2) is 0 Å². The summed E-state index contributed by atoms with van der Waals surface area (Å²) >= 11 is 0. The zero-order valence-corrected chi connectivity index (χ0v) is 14.9. The Kier molecular flexibility index (Phi) is 8.19. The van der Waals surface area contributed by atoms with Crippen LogP contribution >= 0.6 is 0 Å². The fraction of sp³-hybridized carbons (Fsp3) is 1.00. The molecular formula is C21H40. The molecule has 124 valence electrons. The van der Waals surface area contributed by atoms with E-state index in [4.69, 9.17) is 0 Å². The van der Waals surface area contributed by atoms with Crippen molar-refractivity contribution in [1.82, 2.24) is 0 Å². The highest BCUT2D eigenvalue weighted by Gasteiger charge is 2.28. The minimum absolute atomic E-state index is 1.07. The van der Waals surface area contributed by atoms with Crippen LogP contribution in [-0.2, 0) is 0 Å². The van der Waals surface area contributed by atoms with E-state index in [1.807, 2.05) is 0 Å². The van der Waals surface area contributed by atoms with Crippen LogP contribution in [0.25, 0.3) is 0 Å². The second kappa shape index (κ2) is 9.90. The van der Waals surface area contributed by atoms with Gasteiger partial charge in [-0.15, -0.1) is 0 Å². The van der Waals surface area contributed by atoms with E-state index in [0.29, 0.717) is 0 Å². The average molecular weight is 293 g/mol. The quantitative estimate of drug-likeness (QED) is 0.448. The monoisotopic (exact) mass is 292 g/mol. The minimum atomic E-state index is 1.07. The third-order valence-corrected chi connectivity index (χ3v) is 6.54. The first-order valence-electron chi connectivity index (χ1n) is 10.3. The van der Waals surface area contributed by atoms with Crippen molar-refractivity contribution < 1.29 is 0 Å². The van der Waals surface area contributed by atoms with Gasteiger partial charge in [-0.2, -0.15) is 0 Å². The van der Waals surface area contributed by atoms with Gasteiger partial charge in [0.15, 0.2) is 0 Å². The molecule has 2 saturated carbocycles. The first-order valence-corrected chi connectivity index (χ1v) is 10.3. The molecule has 0 heterocycles. The summed E-state index contributed by atoms with van der Waals surface area (Å²) in [7, 11) is 0. The van der Waals surface area contributed by atoms with Crippen LogP contribution in [0.3, 0.4) is 0 Å². The van der Waals surface area contributed by atoms with Crippen LogP contribution in [0.2, 0.25) is 0 Å². The Morgan fingerprint density at radius 3 is 2.19 bits per heavy atom. The maximum Gasteiger partial charge on any atom is -0.0383 e. The summed E-state index contributed by atoms with van der Waals surface area (Å²) in [5.41, 5.74) is 0. The third kappa shape index (κ3) is 5.95. The molecule has 0 aromatic heterocycles. The van der Waals surface area contributed by atoms with Gasteiger partial charge in [-0.25, -0.2) is 0 Å². The normalized spacial score (nSPS) is 35.1. The van der Waals surface area contributed by atoms with Gasteiger partial charge in [0.1, 0.15) is 0 Å². The fourth-order valence-electron chi connectivity index (χ4n) is 5.26. The summed E-state index contributed by atoms with van der Waals surface area (Å²) < 4.78 is 0. The van der Waals surface area contributed by atoms with Crippen molar-refractivity contribution in [2.75, 3.05) is 0 Å². The standard InChI is InChI=1S/C21H40/c1-3-5-10-19-11-6-7-13-21(17-19)20-14-8-12-18(9-4-2)15-16-20/h18-21H,3-17H2,1-2H3. The van der Waals surface area contributed by atoms with Crippen molar-refractivity contribution in [3.05, 3.63) is 0 Å². The zero-order chi connectivity index (χ0) is 14.9. The summed E-state index contributed by atoms with van der Waals surface area (Å²) in [6.07, 6.45) is 22.8. The van der Waals surface area contributed by atoms with E-state index in [9.17, 15) is 0 Å². The molecule has 0 aliphatic heterocycles. The third-order valence-electron chi connectivity index (χ3n) is 6.54. The number of rotatable bonds is 6. The maximum absolute atomic E-state index is 2.37. The summed E-state index contributed by atoms with van der Waals surface area (Å²) in [5.74, 6) is 4.33. The van der Waals surface area contributed by atoms with E-state index in [1.165, 1.54) is 57.8 Å². The number of hydrogen-bond donors (Lipinski definition) is 0. The highest BCUT2D eigenvalue weighted by Crippen LogP contribution is 2.41. The highest BCUT2D eigenvalue weighted by molar-refractivity contribution is 4.80. The lowest BCUT2D eigenvalue weighted by Crippen LogP contribution is -2.17. The lowest BCUT2D eigenvalue weighted by Gasteiger charge is -2.28. The van der Waals surface area contributed by atoms with Gasteiger partial charge in [0.2, 0.25) is 0 Å². The van der Waals surface area contributed by atoms with E-state index in [-0.39, 0.29) is 0 Å². The van der Waals surface area contributed by atoms with Gasteiger partial charge in [0.25, 0.3) is 0 Å². The lowest BCUT2D eigenvalue weighted by molar-refractivity contribution is 0.233. The van der Waals surface area contributed by atoms with Crippen molar-refractivity contribution >= 4 is 0 Å². The van der Waals surface area contributed by atoms with Gasteiger partial charge in [-0.1, -0.05) is 97.3 Å². The van der Waals surface area contributed by atoms with Crippen molar-refractivity contribution in [3.63, 3.8) is 0 Å². The Labute approximate surface area is 134 Å². The van der Waals surface area contributed by atoms with Gasteiger partial charge in [-0.3, -0.25) is 0 Å². The molecule has 0 aromatic rings. The molecule has 21 heavy (non-hydrogen) atoms. The second-order valence-electron chi connectivity index (χ2n) is 8.21. The average Bonchev–Trinajstić information content (AvgIpc) is 2.86. The van der Waals surface area contributed by atoms with Crippen molar-refractivity contribution in [2.24, 2.45) is 23.7 Å². The molecule has 2 aliphatic carbocycles. The molecule has 0 radical (unpaired) electrons.